The minimum Gasteiger partial charge on any atom is -0.292 e. The monoisotopic (exact) mass is 526 g/mol. The summed E-state index contributed by atoms with van der Waals surface area (Å²) in [5.41, 5.74) is 2.24. The number of rotatable bonds is 6. The van der Waals surface area contributed by atoms with Crippen molar-refractivity contribution < 1.29 is 14.2 Å². The van der Waals surface area contributed by atoms with Crippen molar-refractivity contribution in [2.24, 2.45) is 10.9 Å². The number of benzene rings is 2. The summed E-state index contributed by atoms with van der Waals surface area (Å²) < 4.78 is 1.99. The zero-order chi connectivity index (χ0) is 25.4. The van der Waals surface area contributed by atoms with E-state index in [2.05, 4.69) is 35.2 Å². The van der Waals surface area contributed by atoms with Crippen molar-refractivity contribution >= 4 is 46.8 Å². The third-order valence-electron chi connectivity index (χ3n) is 7.41. The number of carbonyl (C=O) groups excluding carboxylic acids is 2. The fourth-order valence-corrected chi connectivity index (χ4v) is 5.76. The molecule has 1 atom stereocenters. The van der Waals surface area contributed by atoms with Crippen molar-refractivity contribution in [3.8, 4) is 0 Å². The van der Waals surface area contributed by atoms with E-state index in [1.54, 1.807) is 19.2 Å². The molecule has 0 N–H and O–H groups in total. The highest BCUT2D eigenvalue weighted by Crippen LogP contribution is 2.27. The van der Waals surface area contributed by atoms with Gasteiger partial charge in [0.25, 0.3) is 17.8 Å². The van der Waals surface area contributed by atoms with Crippen molar-refractivity contribution in [2.75, 3.05) is 33.7 Å². The molecule has 2 aromatic carbocycles. The van der Waals surface area contributed by atoms with Gasteiger partial charge in [-0.15, -0.1) is 0 Å². The Kier molecular flexibility index (Phi) is 7.15. The second-order valence-corrected chi connectivity index (χ2v) is 10.6. The largest absolute Gasteiger partial charge is 0.333 e. The van der Waals surface area contributed by atoms with Gasteiger partial charge in [0.15, 0.2) is 0 Å². The Morgan fingerprint density at radius 2 is 1.72 bits per heavy atom. The van der Waals surface area contributed by atoms with E-state index >= 15 is 0 Å². The van der Waals surface area contributed by atoms with Gasteiger partial charge in [0, 0.05) is 29.7 Å². The maximum Gasteiger partial charge on any atom is 0.333 e. The van der Waals surface area contributed by atoms with E-state index in [1.807, 2.05) is 10.6 Å². The number of amidine groups is 2. The van der Waals surface area contributed by atoms with Gasteiger partial charge in [-0.25, -0.2) is 9.37 Å². The highest BCUT2D eigenvalue weighted by molar-refractivity contribution is 6.35. The number of nitrogens with zero attached hydrogens (tertiary/aromatic N) is 5. The molecule has 188 valence electrons. The topological polar surface area (TPSA) is 59.2 Å². The van der Waals surface area contributed by atoms with Crippen LogP contribution in [0.4, 0.5) is 4.79 Å². The van der Waals surface area contributed by atoms with Crippen LogP contribution in [0.25, 0.3) is 0 Å². The van der Waals surface area contributed by atoms with Crippen LogP contribution in [-0.4, -0.2) is 82.7 Å². The highest BCUT2D eigenvalue weighted by Gasteiger charge is 2.53. The molecule has 36 heavy (non-hydrogen) atoms. The Morgan fingerprint density at radius 3 is 2.42 bits per heavy atom. The second kappa shape index (κ2) is 10.3. The molecule has 2 aromatic rings. The molecule has 5 rings (SSSR count). The maximum atomic E-state index is 13.2. The Labute approximate surface area is 221 Å². The van der Waals surface area contributed by atoms with E-state index in [1.165, 1.54) is 17.5 Å². The molecule has 3 aliphatic rings. The number of halogens is 2. The van der Waals surface area contributed by atoms with Crippen LogP contribution in [0.3, 0.4) is 0 Å². The lowest BCUT2D eigenvalue weighted by Crippen LogP contribution is -2.61. The molecule has 2 saturated heterocycles. The highest BCUT2D eigenvalue weighted by atomic mass is 35.5. The minimum absolute atomic E-state index is 0.279. The van der Waals surface area contributed by atoms with E-state index in [9.17, 15) is 9.59 Å². The summed E-state index contributed by atoms with van der Waals surface area (Å²) in [6.45, 7) is 2.95. The van der Waals surface area contributed by atoms with Crippen LogP contribution < -0.4 is 0 Å². The molecular weight excluding hydrogens is 497 g/mol. The number of likely N-dealkylation sites (tertiary alicyclic amines) is 1. The second-order valence-electron chi connectivity index (χ2n) is 9.80. The summed E-state index contributed by atoms with van der Waals surface area (Å²) in [6, 6.07) is 15.0. The van der Waals surface area contributed by atoms with E-state index in [0.717, 1.165) is 48.7 Å². The lowest BCUT2D eigenvalue weighted by molar-refractivity contribution is -0.552. The lowest BCUT2D eigenvalue weighted by Gasteiger charge is -2.31. The summed E-state index contributed by atoms with van der Waals surface area (Å²) in [7, 11) is 3.18. The summed E-state index contributed by atoms with van der Waals surface area (Å²) in [5, 5.41) is 1.10. The van der Waals surface area contributed by atoms with Gasteiger partial charge in [-0.3, -0.25) is 19.5 Å². The van der Waals surface area contributed by atoms with Gasteiger partial charge in [-0.1, -0.05) is 59.6 Å². The van der Waals surface area contributed by atoms with E-state index in [0.29, 0.717) is 34.9 Å². The molecule has 0 bridgehead atoms. The molecule has 3 aliphatic heterocycles. The molecule has 0 spiro atoms. The van der Waals surface area contributed by atoms with Crippen molar-refractivity contribution in [1.29, 1.82) is 0 Å². The fraction of sp³-hybridized carbons (Fsp3) is 0.407. The first-order chi connectivity index (χ1) is 17.3. The van der Waals surface area contributed by atoms with Crippen LogP contribution in [0, 0.1) is 5.92 Å². The molecule has 0 radical (unpaired) electrons. The van der Waals surface area contributed by atoms with E-state index in [-0.39, 0.29) is 11.9 Å². The Morgan fingerprint density at radius 1 is 1.00 bits per heavy atom. The molecule has 0 aliphatic carbocycles. The average molecular weight is 527 g/mol. The standard InChI is InChI=1S/C27H30Cl2N5O2/c1-31-25-24(26(35)32(2)27(31)36)34(16-20-8-9-21(28)15-22(20)29)23(30-25)17-33-12-10-19(11-13-33)14-18-6-4-3-5-7-18/h3-9,15,19,24H,10-14,16-17H2,1-2H3/q+1. The van der Waals surface area contributed by atoms with Crippen LogP contribution in [0.5, 0.6) is 0 Å². The summed E-state index contributed by atoms with van der Waals surface area (Å²) in [4.78, 5) is 35.7. The van der Waals surface area contributed by atoms with Gasteiger partial charge in [-0.05, 0) is 61.0 Å². The van der Waals surface area contributed by atoms with Crippen molar-refractivity contribution in [2.45, 2.75) is 31.8 Å². The number of aliphatic imine (C=N–C) groups is 1. The number of imide groups is 1. The van der Waals surface area contributed by atoms with Crippen LogP contribution in [-0.2, 0) is 17.8 Å². The number of fused-ring (bicyclic) bond motifs is 1. The first kappa shape index (κ1) is 24.9. The Bertz CT molecular complexity index is 1240. The molecule has 7 nitrogen and oxygen atoms in total. The molecule has 2 fully saturated rings. The van der Waals surface area contributed by atoms with Gasteiger partial charge >= 0.3 is 11.9 Å². The summed E-state index contributed by atoms with van der Waals surface area (Å²) >= 11 is 12.6. The molecule has 0 aromatic heterocycles. The third-order valence-corrected chi connectivity index (χ3v) is 8.00. The molecular formula is C27H30Cl2N5O2+. The minimum atomic E-state index is -0.657. The fourth-order valence-electron chi connectivity index (χ4n) is 5.29. The quantitative estimate of drug-likeness (QED) is 0.531. The smallest absolute Gasteiger partial charge is 0.292 e. The van der Waals surface area contributed by atoms with Gasteiger partial charge in [0.2, 0.25) is 0 Å². The van der Waals surface area contributed by atoms with E-state index in [4.69, 9.17) is 28.2 Å². The van der Waals surface area contributed by atoms with Crippen LogP contribution in [0.15, 0.2) is 53.5 Å². The van der Waals surface area contributed by atoms with Gasteiger partial charge in [0.05, 0.1) is 0 Å². The third kappa shape index (κ3) is 4.92. The van der Waals surface area contributed by atoms with Crippen molar-refractivity contribution in [1.82, 2.24) is 14.7 Å². The molecule has 9 heteroatoms. The number of amides is 3. The molecule has 3 amide bonds. The zero-order valence-corrected chi connectivity index (χ0v) is 22.0. The molecule has 3 heterocycles. The van der Waals surface area contributed by atoms with Crippen molar-refractivity contribution in [3.63, 3.8) is 0 Å². The normalized spacial score (nSPS) is 21.3. The average Bonchev–Trinajstić information content (AvgIpc) is 3.22. The number of hydrogen-bond donors (Lipinski definition) is 0. The number of hydrogen-bond acceptors (Lipinski definition) is 4. The van der Waals surface area contributed by atoms with Gasteiger partial charge < -0.3 is 0 Å². The predicted octanol–water partition coefficient (Wildman–Crippen LogP) is 4.16. The SMILES string of the molecule is CN1C(=O)C2C(=NC(CN3CCC(Cc4ccccc4)CC3)=[N+]2Cc2ccc(Cl)cc2Cl)N(C)C1=O. The van der Waals surface area contributed by atoms with Gasteiger partial charge in [-0.2, -0.15) is 0 Å². The summed E-state index contributed by atoms with van der Waals surface area (Å²) in [6.07, 6.45) is 3.33. The van der Waals surface area contributed by atoms with E-state index < -0.39 is 6.04 Å². The number of urea groups is 1. The van der Waals surface area contributed by atoms with Crippen LogP contribution in [0.2, 0.25) is 10.0 Å². The summed E-state index contributed by atoms with van der Waals surface area (Å²) in [5.74, 6) is 1.64. The number of piperidine rings is 1. The van der Waals surface area contributed by atoms with Gasteiger partial charge in [0.1, 0.15) is 13.1 Å². The first-order valence-electron chi connectivity index (χ1n) is 12.3. The Hall–Kier alpha value is -2.74. The zero-order valence-electron chi connectivity index (χ0n) is 20.5. The first-order valence-corrected chi connectivity index (χ1v) is 13.0. The number of likely N-dealkylation sites (N-methyl/N-ethyl adjacent to an activating group) is 2. The lowest BCUT2D eigenvalue weighted by atomic mass is 9.90. The molecule has 0 saturated carbocycles. The Balaban J connectivity index is 1.37. The van der Waals surface area contributed by atoms with Crippen LogP contribution >= 0.6 is 23.2 Å². The van der Waals surface area contributed by atoms with Crippen LogP contribution in [0.1, 0.15) is 24.0 Å². The maximum absolute atomic E-state index is 13.2. The molecule has 1 unspecified atom stereocenters. The number of carbonyl (C=O) groups is 2. The predicted molar refractivity (Wildman–Crippen MR) is 142 cm³/mol. The van der Waals surface area contributed by atoms with Crippen molar-refractivity contribution in [3.05, 3.63) is 69.7 Å².